The third kappa shape index (κ3) is 2.69. The van der Waals surface area contributed by atoms with Crippen molar-refractivity contribution in [2.75, 3.05) is 26.1 Å². The van der Waals surface area contributed by atoms with Crippen LogP contribution in [-0.4, -0.2) is 31.2 Å². The maximum atomic E-state index is 12.6. The van der Waals surface area contributed by atoms with Crippen LogP contribution in [-0.2, 0) is 6.42 Å². The lowest BCUT2D eigenvalue weighted by Crippen LogP contribution is -2.20. The summed E-state index contributed by atoms with van der Waals surface area (Å²) >= 11 is 0. The molecule has 132 valence electrons. The van der Waals surface area contributed by atoms with Crippen LogP contribution in [0.5, 0.6) is 17.4 Å². The van der Waals surface area contributed by atoms with Gasteiger partial charge in [-0.1, -0.05) is 12.1 Å². The molecule has 0 atom stereocenters. The first kappa shape index (κ1) is 16.2. The van der Waals surface area contributed by atoms with E-state index in [0.29, 0.717) is 35.2 Å². The molecule has 26 heavy (non-hydrogen) atoms. The van der Waals surface area contributed by atoms with Gasteiger partial charge in [0.2, 0.25) is 5.88 Å². The summed E-state index contributed by atoms with van der Waals surface area (Å²) in [5.74, 6) is 2.07. The van der Waals surface area contributed by atoms with Crippen LogP contribution in [0.25, 0.3) is 11.4 Å². The van der Waals surface area contributed by atoms with Crippen molar-refractivity contribution in [2.45, 2.75) is 6.42 Å². The van der Waals surface area contributed by atoms with E-state index in [4.69, 9.17) is 9.47 Å². The second-order valence-corrected chi connectivity index (χ2v) is 6.37. The highest BCUT2D eigenvalue weighted by Crippen LogP contribution is 2.40. The lowest BCUT2D eigenvalue weighted by atomic mass is 10.0. The molecule has 3 aromatic rings. The molecule has 2 heterocycles. The molecular formula is C20H19N3O3. The fourth-order valence-electron chi connectivity index (χ4n) is 3.04. The molecule has 1 N–H and O–H groups in total. The summed E-state index contributed by atoms with van der Waals surface area (Å²) in [6.07, 6.45) is 0.462. The molecule has 1 aliphatic rings. The number of methoxy groups -OCH3 is 1. The van der Waals surface area contributed by atoms with Gasteiger partial charge in [0.25, 0.3) is 5.56 Å². The monoisotopic (exact) mass is 349 g/mol. The Morgan fingerprint density at radius 1 is 1.15 bits per heavy atom. The van der Waals surface area contributed by atoms with Gasteiger partial charge in [-0.2, -0.15) is 4.98 Å². The van der Waals surface area contributed by atoms with Crippen molar-refractivity contribution in [3.05, 3.63) is 63.9 Å². The van der Waals surface area contributed by atoms with Crippen molar-refractivity contribution in [3.63, 3.8) is 0 Å². The molecule has 0 radical (unpaired) electrons. The van der Waals surface area contributed by atoms with Gasteiger partial charge in [-0.05, 0) is 30.3 Å². The maximum absolute atomic E-state index is 12.6. The van der Waals surface area contributed by atoms with Crippen molar-refractivity contribution in [1.82, 2.24) is 9.97 Å². The number of fused-ring (bicyclic) bond motifs is 2. The minimum atomic E-state index is -0.185. The largest absolute Gasteiger partial charge is 0.493 e. The van der Waals surface area contributed by atoms with Gasteiger partial charge in [0.1, 0.15) is 5.82 Å². The molecule has 0 unspecified atom stereocenters. The molecule has 0 fully saturated rings. The van der Waals surface area contributed by atoms with E-state index in [0.717, 1.165) is 16.8 Å². The Hall–Kier alpha value is -3.28. The number of hydrogen-bond donors (Lipinski definition) is 1. The van der Waals surface area contributed by atoms with Crippen molar-refractivity contribution in [3.8, 4) is 28.8 Å². The molecule has 0 spiro atoms. The predicted molar refractivity (Wildman–Crippen MR) is 100 cm³/mol. The van der Waals surface area contributed by atoms with Gasteiger partial charge in [0.05, 0.1) is 12.7 Å². The zero-order valence-corrected chi connectivity index (χ0v) is 14.9. The first-order valence-electron chi connectivity index (χ1n) is 8.31. The average molecular weight is 349 g/mol. The van der Waals surface area contributed by atoms with Gasteiger partial charge < -0.3 is 19.4 Å². The number of hydrogen-bond acceptors (Lipinski definition) is 5. The van der Waals surface area contributed by atoms with Gasteiger partial charge in [0.15, 0.2) is 11.5 Å². The number of aromatic amines is 1. The zero-order valence-electron chi connectivity index (χ0n) is 14.9. The molecule has 0 saturated heterocycles. The van der Waals surface area contributed by atoms with Crippen molar-refractivity contribution < 1.29 is 9.47 Å². The Labute approximate surface area is 151 Å². The Morgan fingerprint density at radius 3 is 2.62 bits per heavy atom. The minimum absolute atomic E-state index is 0.185. The SMILES string of the molecule is COc1cccc2c1Oc1nc(-c3ccc(N(C)C)cc3)[nH]c(=O)c1C2. The fraction of sp³-hybridized carbons (Fsp3) is 0.200. The number of para-hydroxylation sites is 1. The van der Waals surface area contributed by atoms with E-state index in [1.807, 2.05) is 61.5 Å². The second kappa shape index (κ2) is 6.22. The van der Waals surface area contributed by atoms with Gasteiger partial charge in [-0.15, -0.1) is 0 Å². The summed E-state index contributed by atoms with van der Waals surface area (Å²) in [6, 6.07) is 13.5. The highest BCUT2D eigenvalue weighted by molar-refractivity contribution is 5.62. The van der Waals surface area contributed by atoms with Crippen LogP contribution < -0.4 is 19.9 Å². The summed E-state index contributed by atoms with van der Waals surface area (Å²) in [6.45, 7) is 0. The molecule has 4 rings (SSSR count). The highest BCUT2D eigenvalue weighted by atomic mass is 16.5. The average Bonchev–Trinajstić information content (AvgIpc) is 2.66. The molecule has 0 saturated carbocycles. The summed E-state index contributed by atoms with van der Waals surface area (Å²) in [4.78, 5) is 22.0. The summed E-state index contributed by atoms with van der Waals surface area (Å²) in [5.41, 5.74) is 3.15. The summed E-state index contributed by atoms with van der Waals surface area (Å²) in [5, 5.41) is 0. The van der Waals surface area contributed by atoms with Crippen LogP contribution in [0, 0.1) is 0 Å². The summed E-state index contributed by atoms with van der Waals surface area (Å²) in [7, 11) is 5.55. The van der Waals surface area contributed by atoms with Crippen LogP contribution in [0.2, 0.25) is 0 Å². The molecular weight excluding hydrogens is 330 g/mol. The maximum Gasteiger partial charge on any atom is 0.258 e. The lowest BCUT2D eigenvalue weighted by molar-refractivity contribution is 0.365. The van der Waals surface area contributed by atoms with Gasteiger partial charge in [-0.3, -0.25) is 4.79 Å². The minimum Gasteiger partial charge on any atom is -0.493 e. The van der Waals surface area contributed by atoms with Crippen LogP contribution in [0.15, 0.2) is 47.3 Å². The first-order valence-corrected chi connectivity index (χ1v) is 8.31. The smallest absolute Gasteiger partial charge is 0.258 e. The van der Waals surface area contributed by atoms with Crippen LogP contribution in [0.1, 0.15) is 11.1 Å². The Morgan fingerprint density at radius 2 is 1.92 bits per heavy atom. The second-order valence-electron chi connectivity index (χ2n) is 6.37. The van der Waals surface area contributed by atoms with Crippen LogP contribution in [0.4, 0.5) is 5.69 Å². The number of H-pyrrole nitrogens is 1. The van der Waals surface area contributed by atoms with Gasteiger partial charge in [-0.25, -0.2) is 0 Å². The van der Waals surface area contributed by atoms with Crippen LogP contribution >= 0.6 is 0 Å². The van der Waals surface area contributed by atoms with E-state index < -0.39 is 0 Å². The van der Waals surface area contributed by atoms with E-state index in [1.165, 1.54) is 0 Å². The van der Waals surface area contributed by atoms with E-state index >= 15 is 0 Å². The van der Waals surface area contributed by atoms with Crippen LogP contribution in [0.3, 0.4) is 0 Å². The fourth-order valence-corrected chi connectivity index (χ4v) is 3.04. The molecule has 1 aromatic heterocycles. The summed E-state index contributed by atoms with van der Waals surface area (Å²) < 4.78 is 11.3. The molecule has 0 amide bonds. The van der Waals surface area contributed by atoms with Gasteiger partial charge in [0, 0.05) is 37.3 Å². The number of anilines is 1. The van der Waals surface area contributed by atoms with Crippen molar-refractivity contribution in [2.24, 2.45) is 0 Å². The number of rotatable bonds is 3. The normalized spacial score (nSPS) is 12.0. The van der Waals surface area contributed by atoms with Crippen molar-refractivity contribution >= 4 is 5.69 Å². The number of aromatic nitrogens is 2. The molecule has 6 nitrogen and oxygen atoms in total. The number of nitrogens with one attached hydrogen (secondary N) is 1. The quantitative estimate of drug-likeness (QED) is 0.615. The Balaban J connectivity index is 1.76. The number of nitrogens with zero attached hydrogens (tertiary/aromatic N) is 2. The first-order chi connectivity index (χ1) is 12.6. The van der Waals surface area contributed by atoms with Crippen molar-refractivity contribution in [1.29, 1.82) is 0 Å². The van der Waals surface area contributed by atoms with E-state index in [-0.39, 0.29) is 5.56 Å². The molecule has 1 aliphatic heterocycles. The predicted octanol–water partition coefficient (Wildman–Crippen LogP) is 3.21. The zero-order chi connectivity index (χ0) is 18.3. The third-order valence-corrected chi connectivity index (χ3v) is 4.48. The Bertz CT molecular complexity index is 1020. The number of benzene rings is 2. The van der Waals surface area contributed by atoms with E-state index in [9.17, 15) is 4.79 Å². The van der Waals surface area contributed by atoms with E-state index in [1.54, 1.807) is 7.11 Å². The Kier molecular flexibility index (Phi) is 3.88. The lowest BCUT2D eigenvalue weighted by Gasteiger charge is -2.21. The highest BCUT2D eigenvalue weighted by Gasteiger charge is 2.25. The third-order valence-electron chi connectivity index (χ3n) is 4.48. The molecule has 0 aliphatic carbocycles. The molecule has 2 aromatic carbocycles. The standard InChI is InChI=1S/C20H19N3O3/c1-23(2)14-9-7-12(8-10-14)18-21-19(24)15-11-13-5-4-6-16(25-3)17(13)26-20(15)22-18/h4-10H,11H2,1-3H3,(H,21,22,24). The topological polar surface area (TPSA) is 67.5 Å². The molecule has 6 heteroatoms. The number of ether oxygens (including phenoxy) is 2. The van der Waals surface area contributed by atoms with Gasteiger partial charge >= 0.3 is 0 Å². The van der Waals surface area contributed by atoms with E-state index in [2.05, 4.69) is 9.97 Å². The molecule has 0 bridgehead atoms.